The van der Waals surface area contributed by atoms with Gasteiger partial charge >= 0.3 is 0 Å². The molecule has 0 atom stereocenters. The highest BCUT2D eigenvalue weighted by Gasteiger charge is 2.21. The molecule has 0 unspecified atom stereocenters. The number of nitrogens with one attached hydrogen (secondary N) is 2. The number of thioether (sulfide) groups is 1. The van der Waals surface area contributed by atoms with Gasteiger partial charge in [0.05, 0.1) is 11.1 Å². The molecule has 0 saturated carbocycles. The fraction of sp³-hybridized carbons (Fsp3) is 0.450. The molecule has 0 fully saturated rings. The van der Waals surface area contributed by atoms with Crippen LogP contribution in [0.1, 0.15) is 46.2 Å². The van der Waals surface area contributed by atoms with Crippen molar-refractivity contribution < 1.29 is 9.21 Å². The van der Waals surface area contributed by atoms with Crippen LogP contribution in [0.15, 0.2) is 15.3 Å². The zero-order valence-corrected chi connectivity index (χ0v) is 17.6. The second-order valence-corrected chi connectivity index (χ2v) is 9.26. The summed E-state index contributed by atoms with van der Waals surface area (Å²) < 4.78 is 5.46. The maximum absolute atomic E-state index is 12.4. The minimum absolute atomic E-state index is 0.0114. The Bertz CT molecular complexity index is 1080. The number of aromatic nitrogens is 2. The topological polar surface area (TPSA) is 88.0 Å². The molecule has 3 heterocycles. The smallest absolute Gasteiger partial charge is 0.259 e. The van der Waals surface area contributed by atoms with E-state index in [4.69, 9.17) is 4.42 Å². The van der Waals surface area contributed by atoms with Gasteiger partial charge in [-0.1, -0.05) is 0 Å². The van der Waals surface area contributed by atoms with E-state index in [1.54, 1.807) is 23.1 Å². The van der Waals surface area contributed by atoms with Gasteiger partial charge in [0, 0.05) is 29.2 Å². The van der Waals surface area contributed by atoms with Crippen LogP contribution in [0.5, 0.6) is 0 Å². The number of amides is 1. The highest BCUT2D eigenvalue weighted by Crippen LogP contribution is 2.34. The summed E-state index contributed by atoms with van der Waals surface area (Å²) in [6.45, 7) is 4.28. The highest BCUT2D eigenvalue weighted by molar-refractivity contribution is 7.98. The number of fused-ring (bicyclic) bond motifs is 3. The molecule has 0 aliphatic heterocycles. The molecule has 0 bridgehead atoms. The quantitative estimate of drug-likeness (QED) is 0.573. The number of rotatable bonds is 7. The van der Waals surface area contributed by atoms with Gasteiger partial charge in [0.2, 0.25) is 5.91 Å². The zero-order chi connectivity index (χ0) is 19.7. The second-order valence-electron chi connectivity index (χ2n) is 7.07. The molecule has 1 aliphatic rings. The third-order valence-corrected chi connectivity index (χ3v) is 7.11. The van der Waals surface area contributed by atoms with Crippen LogP contribution in [-0.4, -0.2) is 21.6 Å². The number of hydrogen-bond donors (Lipinski definition) is 2. The van der Waals surface area contributed by atoms with Crippen molar-refractivity contribution >= 4 is 39.2 Å². The van der Waals surface area contributed by atoms with Gasteiger partial charge in [-0.3, -0.25) is 9.59 Å². The first-order valence-corrected chi connectivity index (χ1v) is 11.4. The van der Waals surface area contributed by atoms with Crippen LogP contribution < -0.4 is 10.9 Å². The van der Waals surface area contributed by atoms with Crippen molar-refractivity contribution in [2.75, 3.05) is 5.75 Å². The number of aromatic amines is 1. The number of thiophene rings is 1. The fourth-order valence-electron chi connectivity index (χ4n) is 3.59. The summed E-state index contributed by atoms with van der Waals surface area (Å²) in [7, 11) is 0. The van der Waals surface area contributed by atoms with Crippen LogP contribution in [0.4, 0.5) is 0 Å². The summed E-state index contributed by atoms with van der Waals surface area (Å²) >= 11 is 3.26. The molecule has 0 radical (unpaired) electrons. The van der Waals surface area contributed by atoms with E-state index in [0.717, 1.165) is 46.6 Å². The van der Waals surface area contributed by atoms with E-state index >= 15 is 0 Å². The molecule has 3 aromatic heterocycles. The first kappa shape index (κ1) is 19.3. The maximum atomic E-state index is 12.4. The van der Waals surface area contributed by atoms with Gasteiger partial charge in [0.25, 0.3) is 5.56 Å². The van der Waals surface area contributed by atoms with Crippen molar-refractivity contribution in [3.63, 3.8) is 0 Å². The van der Waals surface area contributed by atoms with E-state index in [2.05, 4.69) is 15.3 Å². The lowest BCUT2D eigenvalue weighted by Crippen LogP contribution is -2.23. The number of hydrogen-bond acceptors (Lipinski definition) is 6. The lowest BCUT2D eigenvalue weighted by Gasteiger charge is -2.05. The minimum Gasteiger partial charge on any atom is -0.466 e. The average molecular weight is 418 g/mol. The van der Waals surface area contributed by atoms with Crippen molar-refractivity contribution in [1.29, 1.82) is 0 Å². The number of carbonyl (C=O) groups excluding carboxylic acids is 1. The molecular weight excluding hydrogens is 394 g/mol. The molecule has 0 spiro atoms. The van der Waals surface area contributed by atoms with E-state index in [1.165, 1.54) is 10.4 Å². The molecule has 8 heteroatoms. The first-order chi connectivity index (χ1) is 13.5. The van der Waals surface area contributed by atoms with Crippen LogP contribution in [0.2, 0.25) is 0 Å². The van der Waals surface area contributed by atoms with Crippen molar-refractivity contribution in [3.05, 3.63) is 49.8 Å². The lowest BCUT2D eigenvalue weighted by atomic mass is 10.2. The van der Waals surface area contributed by atoms with Gasteiger partial charge in [-0.2, -0.15) is 11.8 Å². The van der Waals surface area contributed by atoms with Gasteiger partial charge in [-0.25, -0.2) is 4.98 Å². The Morgan fingerprint density at radius 1 is 1.39 bits per heavy atom. The summed E-state index contributed by atoms with van der Waals surface area (Å²) in [4.78, 5) is 34.2. The maximum Gasteiger partial charge on any atom is 0.259 e. The Morgan fingerprint density at radius 2 is 2.25 bits per heavy atom. The number of furan rings is 1. The third kappa shape index (κ3) is 4.03. The monoisotopic (exact) mass is 417 g/mol. The van der Waals surface area contributed by atoms with E-state index in [9.17, 15) is 9.59 Å². The predicted molar refractivity (Wildman–Crippen MR) is 113 cm³/mol. The molecule has 28 heavy (non-hydrogen) atoms. The zero-order valence-electron chi connectivity index (χ0n) is 16.0. The van der Waals surface area contributed by atoms with Gasteiger partial charge in [0.15, 0.2) is 0 Å². The SMILES string of the molecule is Cc1cc(CNC(=O)CCSCc2nc3sc4c(c3c(=O)[nH]2)CCC4)c(C)o1. The van der Waals surface area contributed by atoms with Crippen LogP contribution in [0.3, 0.4) is 0 Å². The lowest BCUT2D eigenvalue weighted by molar-refractivity contribution is -0.120. The number of nitrogens with zero attached hydrogens (tertiary/aromatic N) is 1. The Morgan fingerprint density at radius 3 is 3.04 bits per heavy atom. The number of H-pyrrole nitrogens is 1. The molecule has 2 N–H and O–H groups in total. The van der Waals surface area contributed by atoms with E-state index in [1.807, 2.05) is 19.9 Å². The summed E-state index contributed by atoms with van der Waals surface area (Å²) in [5.74, 6) is 3.67. The minimum atomic E-state index is -0.0245. The summed E-state index contributed by atoms with van der Waals surface area (Å²) in [6.07, 6.45) is 3.62. The van der Waals surface area contributed by atoms with Crippen LogP contribution in [0.25, 0.3) is 10.2 Å². The van der Waals surface area contributed by atoms with Crippen molar-refractivity contribution in [3.8, 4) is 0 Å². The summed E-state index contributed by atoms with van der Waals surface area (Å²) in [5.41, 5.74) is 2.19. The van der Waals surface area contributed by atoms with E-state index < -0.39 is 0 Å². The van der Waals surface area contributed by atoms with Crippen molar-refractivity contribution in [2.24, 2.45) is 0 Å². The van der Waals surface area contributed by atoms with Crippen LogP contribution in [0, 0.1) is 13.8 Å². The molecular formula is C20H23N3O3S2. The fourth-order valence-corrected chi connectivity index (χ4v) is 5.68. The van der Waals surface area contributed by atoms with Gasteiger partial charge < -0.3 is 14.7 Å². The average Bonchev–Trinajstić information content (AvgIpc) is 3.31. The number of carbonyl (C=O) groups is 1. The summed E-state index contributed by atoms with van der Waals surface area (Å²) in [5, 5.41) is 3.71. The Balaban J connectivity index is 1.26. The van der Waals surface area contributed by atoms with Gasteiger partial charge in [-0.05, 0) is 44.7 Å². The largest absolute Gasteiger partial charge is 0.466 e. The van der Waals surface area contributed by atoms with Crippen LogP contribution >= 0.6 is 23.1 Å². The molecule has 4 rings (SSSR count). The first-order valence-electron chi connectivity index (χ1n) is 9.45. The van der Waals surface area contributed by atoms with Crippen molar-refractivity contribution in [2.45, 2.75) is 51.8 Å². The van der Waals surface area contributed by atoms with Gasteiger partial charge in [0.1, 0.15) is 22.2 Å². The standard InChI is InChI=1S/C20H23N3O3S2/c1-11-8-13(12(2)26-11)9-21-17(24)6-7-27-10-16-22-19(25)18-14-4-3-5-15(14)28-20(18)23-16/h8H,3-7,9-10H2,1-2H3,(H,21,24)(H,22,23,25). The highest BCUT2D eigenvalue weighted by atomic mass is 32.2. The molecule has 1 amide bonds. The Hall–Kier alpha value is -2.06. The second kappa shape index (κ2) is 8.13. The van der Waals surface area contributed by atoms with E-state index in [0.29, 0.717) is 30.3 Å². The molecule has 3 aromatic rings. The molecule has 0 saturated heterocycles. The normalized spacial score (nSPS) is 13.2. The predicted octanol–water partition coefficient (Wildman–Crippen LogP) is 3.62. The molecule has 0 aromatic carbocycles. The molecule has 1 aliphatic carbocycles. The van der Waals surface area contributed by atoms with Crippen molar-refractivity contribution in [1.82, 2.24) is 15.3 Å². The Kier molecular flexibility index (Phi) is 5.59. The summed E-state index contributed by atoms with van der Waals surface area (Å²) in [6, 6.07) is 1.95. The van der Waals surface area contributed by atoms with E-state index in [-0.39, 0.29) is 11.5 Å². The Labute approximate surface area is 171 Å². The molecule has 6 nitrogen and oxygen atoms in total. The molecule has 148 valence electrons. The van der Waals surface area contributed by atoms with Gasteiger partial charge in [-0.15, -0.1) is 11.3 Å². The number of aryl methyl sites for hydroxylation is 4. The van der Waals surface area contributed by atoms with Crippen LogP contribution in [-0.2, 0) is 29.9 Å². The third-order valence-electron chi connectivity index (χ3n) is 4.96.